The molecule has 3 aromatic heterocycles. The summed E-state index contributed by atoms with van der Waals surface area (Å²) in [5.74, 6) is 0.779. The molecule has 0 unspecified atom stereocenters. The van der Waals surface area contributed by atoms with E-state index in [0.29, 0.717) is 17.2 Å². The maximum atomic E-state index is 10.5. The van der Waals surface area contributed by atoms with Gasteiger partial charge in [0.05, 0.1) is 5.69 Å². The number of nitrogens with one attached hydrogen (secondary N) is 1. The number of aromatic hydroxyl groups is 1. The fraction of sp³-hybridized carbons (Fsp3) is 0.192. The SMILES string of the molecule is Oc1ccccc1-c1nc2sccn2c1-c1ccnc(N[C@@H]2CCCN(Sc3ccc(Cl)cc3)C2)n1. The first-order chi connectivity index (χ1) is 17.6. The summed E-state index contributed by atoms with van der Waals surface area (Å²) in [5.41, 5.74) is 2.97. The second-order valence-corrected chi connectivity index (χ2v) is 11.0. The van der Waals surface area contributed by atoms with Crippen LogP contribution >= 0.6 is 34.9 Å². The van der Waals surface area contributed by atoms with Gasteiger partial charge in [0.25, 0.3) is 0 Å². The van der Waals surface area contributed by atoms with Crippen molar-refractivity contribution < 1.29 is 5.11 Å². The Kier molecular flexibility index (Phi) is 6.54. The van der Waals surface area contributed by atoms with Gasteiger partial charge in [-0.1, -0.05) is 23.7 Å². The van der Waals surface area contributed by atoms with Gasteiger partial charge < -0.3 is 10.4 Å². The zero-order valence-electron chi connectivity index (χ0n) is 19.2. The summed E-state index contributed by atoms with van der Waals surface area (Å²) in [4.78, 5) is 16.2. The van der Waals surface area contributed by atoms with E-state index < -0.39 is 0 Å². The van der Waals surface area contributed by atoms with E-state index in [4.69, 9.17) is 21.6 Å². The lowest BCUT2D eigenvalue weighted by Gasteiger charge is -2.32. The van der Waals surface area contributed by atoms with Crippen LogP contribution in [0.5, 0.6) is 5.75 Å². The molecule has 2 N–H and O–H groups in total. The minimum atomic E-state index is 0.192. The molecule has 0 spiro atoms. The van der Waals surface area contributed by atoms with Gasteiger partial charge in [-0.3, -0.25) is 4.40 Å². The number of hydrogen-bond donors (Lipinski definition) is 2. The highest BCUT2D eigenvalue weighted by atomic mass is 35.5. The second kappa shape index (κ2) is 10.1. The second-order valence-electron chi connectivity index (χ2n) is 8.56. The number of hydrogen-bond acceptors (Lipinski definition) is 8. The number of anilines is 1. The van der Waals surface area contributed by atoms with Crippen molar-refractivity contribution in [1.82, 2.24) is 23.7 Å². The molecule has 6 rings (SSSR count). The number of thiazole rings is 1. The first kappa shape index (κ1) is 23.3. The molecular weight excluding hydrogens is 512 g/mol. The number of fused-ring (bicyclic) bond motifs is 1. The van der Waals surface area contributed by atoms with Crippen LogP contribution in [0.15, 0.2) is 77.3 Å². The first-order valence-electron chi connectivity index (χ1n) is 11.7. The Morgan fingerprint density at radius 3 is 2.81 bits per heavy atom. The lowest BCUT2D eigenvalue weighted by atomic mass is 10.1. The predicted octanol–water partition coefficient (Wildman–Crippen LogP) is 6.46. The Morgan fingerprint density at radius 1 is 1.08 bits per heavy atom. The maximum absolute atomic E-state index is 10.5. The van der Waals surface area contributed by atoms with Gasteiger partial charge in [-0.25, -0.2) is 19.3 Å². The van der Waals surface area contributed by atoms with Crippen molar-refractivity contribution in [2.45, 2.75) is 23.8 Å². The van der Waals surface area contributed by atoms with E-state index in [1.165, 1.54) is 4.90 Å². The number of benzene rings is 2. The molecule has 1 fully saturated rings. The zero-order valence-corrected chi connectivity index (χ0v) is 21.6. The predicted molar refractivity (Wildman–Crippen MR) is 147 cm³/mol. The Labute approximate surface area is 222 Å². The van der Waals surface area contributed by atoms with Crippen LogP contribution in [0.1, 0.15) is 12.8 Å². The normalized spacial score (nSPS) is 16.4. The highest BCUT2D eigenvalue weighted by molar-refractivity contribution is 7.97. The molecule has 1 aliphatic heterocycles. The average molecular weight is 535 g/mol. The van der Waals surface area contributed by atoms with Gasteiger partial charge in [0, 0.05) is 52.4 Å². The number of imidazole rings is 1. The molecule has 0 radical (unpaired) electrons. The quantitative estimate of drug-likeness (QED) is 0.242. The summed E-state index contributed by atoms with van der Waals surface area (Å²) in [5, 5.41) is 16.8. The molecule has 1 aliphatic rings. The van der Waals surface area contributed by atoms with E-state index in [1.807, 2.05) is 52.4 Å². The molecule has 5 aromatic rings. The molecule has 0 aliphatic carbocycles. The third-order valence-corrected chi connectivity index (χ3v) is 8.17. The lowest BCUT2D eigenvalue weighted by molar-refractivity contribution is 0.355. The Hall–Kier alpha value is -3.11. The molecule has 0 saturated carbocycles. The maximum Gasteiger partial charge on any atom is 0.223 e. The number of nitrogens with zero attached hydrogens (tertiary/aromatic N) is 5. The molecule has 4 heterocycles. The molecule has 36 heavy (non-hydrogen) atoms. The molecule has 0 bridgehead atoms. The van der Waals surface area contributed by atoms with E-state index in [0.717, 1.165) is 47.3 Å². The van der Waals surface area contributed by atoms with Gasteiger partial charge in [-0.2, -0.15) is 0 Å². The highest BCUT2D eigenvalue weighted by Gasteiger charge is 2.23. The number of piperidine rings is 1. The summed E-state index contributed by atoms with van der Waals surface area (Å²) in [6, 6.07) is 17.3. The number of phenols is 1. The van der Waals surface area contributed by atoms with E-state index in [9.17, 15) is 5.11 Å². The van der Waals surface area contributed by atoms with Crippen molar-refractivity contribution in [3.63, 3.8) is 0 Å². The summed E-state index contributed by atoms with van der Waals surface area (Å²) in [6.07, 6.45) is 5.89. The minimum absolute atomic E-state index is 0.192. The Bertz CT molecular complexity index is 1500. The van der Waals surface area contributed by atoms with Crippen molar-refractivity contribution in [3.05, 3.63) is 77.4 Å². The molecule has 10 heteroatoms. The van der Waals surface area contributed by atoms with E-state index in [2.05, 4.69) is 26.7 Å². The molecule has 7 nitrogen and oxygen atoms in total. The van der Waals surface area contributed by atoms with Crippen LogP contribution in [-0.4, -0.2) is 47.9 Å². The van der Waals surface area contributed by atoms with Crippen molar-refractivity contribution in [2.24, 2.45) is 0 Å². The van der Waals surface area contributed by atoms with Gasteiger partial charge in [0.15, 0.2) is 4.96 Å². The average Bonchev–Trinajstić information content (AvgIpc) is 3.48. The summed E-state index contributed by atoms with van der Waals surface area (Å²) < 4.78 is 4.39. The standard InChI is InChI=1S/C26H23ClN6OS2/c27-17-7-9-19(10-8-17)36-32-13-3-4-18(16-32)29-25-28-12-11-21(30-25)24-23(20-5-1-2-6-22(20)34)31-26-33(24)14-15-35-26/h1-2,5-12,14-15,18,34H,3-4,13,16H2,(H,28,29,30)/t18-/m1/s1. The van der Waals surface area contributed by atoms with Crippen molar-refractivity contribution in [1.29, 1.82) is 0 Å². The Balaban J connectivity index is 1.25. The van der Waals surface area contributed by atoms with Gasteiger partial charge in [0.2, 0.25) is 5.95 Å². The Morgan fingerprint density at radius 2 is 1.94 bits per heavy atom. The number of aromatic nitrogens is 4. The van der Waals surface area contributed by atoms with Crippen LogP contribution in [0, 0.1) is 0 Å². The summed E-state index contributed by atoms with van der Waals surface area (Å²) >= 11 is 9.33. The van der Waals surface area contributed by atoms with E-state index >= 15 is 0 Å². The van der Waals surface area contributed by atoms with Crippen LogP contribution in [0.2, 0.25) is 5.02 Å². The monoisotopic (exact) mass is 534 g/mol. The molecular formula is C26H23ClN6OS2. The lowest BCUT2D eigenvalue weighted by Crippen LogP contribution is -2.38. The molecule has 1 saturated heterocycles. The van der Waals surface area contributed by atoms with Crippen LogP contribution in [0.4, 0.5) is 5.95 Å². The zero-order chi connectivity index (χ0) is 24.5. The van der Waals surface area contributed by atoms with Crippen LogP contribution in [-0.2, 0) is 0 Å². The van der Waals surface area contributed by atoms with Crippen molar-refractivity contribution in [2.75, 3.05) is 18.4 Å². The molecule has 1 atom stereocenters. The van der Waals surface area contributed by atoms with Gasteiger partial charge >= 0.3 is 0 Å². The van der Waals surface area contributed by atoms with Crippen LogP contribution in [0.25, 0.3) is 27.6 Å². The van der Waals surface area contributed by atoms with Crippen molar-refractivity contribution >= 4 is 45.8 Å². The van der Waals surface area contributed by atoms with Crippen LogP contribution in [0.3, 0.4) is 0 Å². The summed E-state index contributed by atoms with van der Waals surface area (Å²) in [7, 11) is 0. The minimum Gasteiger partial charge on any atom is -0.507 e. The third-order valence-electron chi connectivity index (χ3n) is 6.08. The van der Waals surface area contributed by atoms with Gasteiger partial charge in [-0.15, -0.1) is 11.3 Å². The fourth-order valence-electron chi connectivity index (χ4n) is 4.42. The largest absolute Gasteiger partial charge is 0.507 e. The molecule has 182 valence electrons. The fourth-order valence-corrected chi connectivity index (χ4v) is 6.29. The van der Waals surface area contributed by atoms with Crippen molar-refractivity contribution in [3.8, 4) is 28.4 Å². The summed E-state index contributed by atoms with van der Waals surface area (Å²) in [6.45, 7) is 1.91. The van der Waals surface area contributed by atoms with Crippen LogP contribution < -0.4 is 5.32 Å². The molecule has 2 aromatic carbocycles. The first-order valence-corrected chi connectivity index (χ1v) is 13.7. The number of rotatable bonds is 6. The topological polar surface area (TPSA) is 78.6 Å². The molecule has 0 amide bonds. The smallest absolute Gasteiger partial charge is 0.223 e. The van der Waals surface area contributed by atoms with Gasteiger partial charge in [0.1, 0.15) is 17.1 Å². The number of halogens is 1. The highest BCUT2D eigenvalue weighted by Crippen LogP contribution is 2.37. The number of para-hydroxylation sites is 1. The van der Waals surface area contributed by atoms with Gasteiger partial charge in [-0.05, 0) is 67.3 Å². The number of phenolic OH excluding ortho intramolecular Hbond substituents is 1. The third kappa shape index (κ3) is 4.79. The van der Waals surface area contributed by atoms with E-state index in [1.54, 1.807) is 35.5 Å². The van der Waals surface area contributed by atoms with E-state index in [-0.39, 0.29) is 11.8 Å².